The lowest BCUT2D eigenvalue weighted by molar-refractivity contribution is 0.155. The van der Waals surface area contributed by atoms with Crippen molar-refractivity contribution in [2.24, 2.45) is 0 Å². The van der Waals surface area contributed by atoms with Gasteiger partial charge in [-0.1, -0.05) is 13.8 Å². The van der Waals surface area contributed by atoms with Crippen LogP contribution in [0.3, 0.4) is 0 Å². The molecule has 1 aromatic rings. The van der Waals surface area contributed by atoms with Gasteiger partial charge in [-0.3, -0.25) is 4.68 Å². The number of ether oxygens (including phenoxy) is 1. The number of hydrogen-bond acceptors (Lipinski definition) is 3. The van der Waals surface area contributed by atoms with Gasteiger partial charge in [-0.2, -0.15) is 5.10 Å². The van der Waals surface area contributed by atoms with Gasteiger partial charge in [-0.05, 0) is 26.8 Å². The van der Waals surface area contributed by atoms with E-state index in [2.05, 4.69) is 30.8 Å². The summed E-state index contributed by atoms with van der Waals surface area (Å²) < 4.78 is 7.36. The molecule has 17 heavy (non-hydrogen) atoms. The molecule has 1 aromatic heterocycles. The van der Waals surface area contributed by atoms with Crippen LogP contribution in [0.2, 0.25) is 0 Å². The van der Waals surface area contributed by atoms with Crippen LogP contribution in [-0.4, -0.2) is 30.5 Å². The van der Waals surface area contributed by atoms with E-state index >= 15 is 0 Å². The van der Waals surface area contributed by atoms with Crippen LogP contribution in [0.5, 0.6) is 0 Å². The lowest BCUT2D eigenvalue weighted by Gasteiger charge is -2.14. The van der Waals surface area contributed by atoms with E-state index < -0.39 is 0 Å². The molecule has 0 aromatic carbocycles. The first-order valence-electron chi connectivity index (χ1n) is 6.42. The summed E-state index contributed by atoms with van der Waals surface area (Å²) in [5.41, 5.74) is 3.90. The zero-order chi connectivity index (χ0) is 12.8. The number of nitrogens with zero attached hydrogens (tertiary/aromatic N) is 2. The second-order valence-corrected chi connectivity index (χ2v) is 4.36. The molecule has 1 N–H and O–H groups in total. The fourth-order valence-corrected chi connectivity index (χ4v) is 2.27. The zero-order valence-electron chi connectivity index (χ0n) is 11.7. The van der Waals surface area contributed by atoms with E-state index in [-0.39, 0.29) is 0 Å². The van der Waals surface area contributed by atoms with E-state index in [1.165, 1.54) is 17.0 Å². The van der Waals surface area contributed by atoms with Crippen molar-refractivity contribution in [3.05, 3.63) is 17.0 Å². The van der Waals surface area contributed by atoms with Gasteiger partial charge in [-0.25, -0.2) is 0 Å². The Kier molecular flexibility index (Phi) is 5.65. The third kappa shape index (κ3) is 3.07. The first kappa shape index (κ1) is 14.2. The minimum absolute atomic E-state index is 0.297. The van der Waals surface area contributed by atoms with Crippen molar-refractivity contribution >= 4 is 0 Å². The molecular weight excluding hydrogens is 214 g/mol. The number of rotatable bonds is 7. The summed E-state index contributed by atoms with van der Waals surface area (Å²) in [5.74, 6) is 0. The molecule has 0 aliphatic carbocycles. The van der Waals surface area contributed by atoms with Crippen molar-refractivity contribution in [3.63, 3.8) is 0 Å². The topological polar surface area (TPSA) is 39.1 Å². The number of methoxy groups -OCH3 is 1. The minimum Gasteiger partial charge on any atom is -0.382 e. The fourth-order valence-electron chi connectivity index (χ4n) is 2.27. The first-order chi connectivity index (χ1) is 8.19. The molecule has 0 saturated carbocycles. The largest absolute Gasteiger partial charge is 0.382 e. The van der Waals surface area contributed by atoms with E-state index in [0.29, 0.717) is 12.6 Å². The molecule has 1 rings (SSSR count). The quantitative estimate of drug-likeness (QED) is 0.790. The second kappa shape index (κ2) is 6.77. The molecule has 0 aliphatic rings. The highest BCUT2D eigenvalue weighted by molar-refractivity contribution is 5.27. The summed E-state index contributed by atoms with van der Waals surface area (Å²) in [7, 11) is 3.72. The Labute approximate surface area is 104 Å². The maximum atomic E-state index is 5.22. The van der Waals surface area contributed by atoms with Gasteiger partial charge in [0.15, 0.2) is 0 Å². The van der Waals surface area contributed by atoms with Crippen molar-refractivity contribution < 1.29 is 4.74 Å². The first-order valence-corrected chi connectivity index (χ1v) is 6.42. The summed E-state index contributed by atoms with van der Waals surface area (Å²) in [4.78, 5) is 0. The molecular formula is C13H25N3O. The molecule has 98 valence electrons. The second-order valence-electron chi connectivity index (χ2n) is 4.36. The summed E-state index contributed by atoms with van der Waals surface area (Å²) in [6.07, 6.45) is 1.99. The van der Waals surface area contributed by atoms with Crippen LogP contribution in [0.1, 0.15) is 43.8 Å². The molecule has 1 atom stereocenters. The fraction of sp³-hybridized carbons (Fsp3) is 0.769. The van der Waals surface area contributed by atoms with E-state index in [0.717, 1.165) is 19.4 Å². The summed E-state index contributed by atoms with van der Waals surface area (Å²) in [6, 6.07) is 0.297. The average molecular weight is 239 g/mol. The van der Waals surface area contributed by atoms with Crippen LogP contribution >= 0.6 is 0 Å². The molecule has 0 spiro atoms. The summed E-state index contributed by atoms with van der Waals surface area (Å²) in [6.45, 7) is 8.10. The lowest BCUT2D eigenvalue weighted by Crippen LogP contribution is -2.16. The number of hydrogen-bond donors (Lipinski definition) is 1. The Hall–Kier alpha value is -0.870. The highest BCUT2D eigenvalue weighted by Gasteiger charge is 2.18. The monoisotopic (exact) mass is 239 g/mol. The number of aryl methyl sites for hydroxylation is 1. The predicted octanol–water partition coefficient (Wildman–Crippen LogP) is 1.93. The van der Waals surface area contributed by atoms with Crippen LogP contribution in [-0.2, 0) is 24.1 Å². The third-order valence-electron chi connectivity index (χ3n) is 3.05. The molecule has 4 nitrogen and oxygen atoms in total. The van der Waals surface area contributed by atoms with E-state index in [9.17, 15) is 0 Å². The van der Waals surface area contributed by atoms with Crippen LogP contribution in [0, 0.1) is 0 Å². The van der Waals surface area contributed by atoms with Crippen LogP contribution < -0.4 is 5.32 Å². The Morgan fingerprint density at radius 1 is 1.35 bits per heavy atom. The van der Waals surface area contributed by atoms with Crippen LogP contribution in [0.4, 0.5) is 0 Å². The molecule has 0 saturated heterocycles. The van der Waals surface area contributed by atoms with Gasteiger partial charge >= 0.3 is 0 Å². The molecule has 0 amide bonds. The predicted molar refractivity (Wildman–Crippen MR) is 70.3 cm³/mol. The minimum atomic E-state index is 0.297. The molecule has 1 unspecified atom stereocenters. The van der Waals surface area contributed by atoms with Gasteiger partial charge in [0.2, 0.25) is 0 Å². The highest BCUT2D eigenvalue weighted by atomic mass is 16.5. The molecule has 0 aliphatic heterocycles. The summed E-state index contributed by atoms with van der Waals surface area (Å²) in [5, 5.41) is 7.97. The van der Waals surface area contributed by atoms with Crippen LogP contribution in [0.15, 0.2) is 0 Å². The van der Waals surface area contributed by atoms with E-state index in [1.54, 1.807) is 7.11 Å². The standard InChI is InChI=1S/C13H25N3O/c1-6-12-11(8-14-4)13(7-2)16(15-12)10(3)9-17-5/h10,14H,6-9H2,1-5H3. The van der Waals surface area contributed by atoms with Crippen LogP contribution in [0.25, 0.3) is 0 Å². The van der Waals surface area contributed by atoms with E-state index in [1.807, 2.05) is 7.05 Å². The van der Waals surface area contributed by atoms with Gasteiger partial charge < -0.3 is 10.1 Å². The Balaban J connectivity index is 3.12. The third-order valence-corrected chi connectivity index (χ3v) is 3.05. The Morgan fingerprint density at radius 2 is 2.06 bits per heavy atom. The van der Waals surface area contributed by atoms with Crippen molar-refractivity contribution in [1.82, 2.24) is 15.1 Å². The SMILES string of the molecule is CCc1nn(C(C)COC)c(CC)c1CNC. The Bertz CT molecular complexity index is 347. The highest BCUT2D eigenvalue weighted by Crippen LogP contribution is 2.20. The molecule has 0 radical (unpaired) electrons. The van der Waals surface area contributed by atoms with Gasteiger partial charge in [-0.15, -0.1) is 0 Å². The van der Waals surface area contributed by atoms with Gasteiger partial charge in [0.1, 0.15) is 0 Å². The van der Waals surface area contributed by atoms with Gasteiger partial charge in [0.05, 0.1) is 18.3 Å². The van der Waals surface area contributed by atoms with Crippen molar-refractivity contribution in [1.29, 1.82) is 0 Å². The molecule has 0 bridgehead atoms. The molecule has 0 fully saturated rings. The average Bonchev–Trinajstić information content (AvgIpc) is 2.68. The zero-order valence-corrected chi connectivity index (χ0v) is 11.7. The van der Waals surface area contributed by atoms with Gasteiger partial charge in [0, 0.05) is 24.9 Å². The maximum Gasteiger partial charge on any atom is 0.0727 e. The summed E-state index contributed by atoms with van der Waals surface area (Å²) >= 11 is 0. The van der Waals surface area contributed by atoms with Crippen molar-refractivity contribution in [3.8, 4) is 0 Å². The van der Waals surface area contributed by atoms with E-state index in [4.69, 9.17) is 9.84 Å². The number of aromatic nitrogens is 2. The van der Waals surface area contributed by atoms with Crippen molar-refractivity contribution in [2.75, 3.05) is 20.8 Å². The molecule has 4 heteroatoms. The molecule has 1 heterocycles. The lowest BCUT2D eigenvalue weighted by atomic mass is 10.1. The normalized spacial score (nSPS) is 13.0. The number of nitrogens with one attached hydrogen (secondary N) is 1. The smallest absolute Gasteiger partial charge is 0.0727 e. The Morgan fingerprint density at radius 3 is 2.53 bits per heavy atom. The maximum absolute atomic E-state index is 5.22. The van der Waals surface area contributed by atoms with Crippen molar-refractivity contribution in [2.45, 2.75) is 46.2 Å². The van der Waals surface area contributed by atoms with Gasteiger partial charge in [0.25, 0.3) is 0 Å².